The second kappa shape index (κ2) is 7.44. The fourth-order valence-corrected chi connectivity index (χ4v) is 5.05. The van der Waals surface area contributed by atoms with Crippen LogP contribution in [0, 0.1) is 0 Å². The van der Waals surface area contributed by atoms with Crippen LogP contribution in [0.2, 0.25) is 5.02 Å². The quantitative estimate of drug-likeness (QED) is 0.680. The zero-order valence-corrected chi connectivity index (χ0v) is 16.5. The molecule has 2 heterocycles. The molecule has 0 unspecified atom stereocenters. The molecule has 27 heavy (non-hydrogen) atoms. The Labute approximate surface area is 165 Å². The van der Waals surface area contributed by atoms with Crippen LogP contribution in [-0.4, -0.2) is 15.9 Å². The second-order valence-corrected chi connectivity index (χ2v) is 8.41. The van der Waals surface area contributed by atoms with Crippen LogP contribution in [0.4, 0.5) is 0 Å². The minimum atomic E-state index is -0.133. The van der Waals surface area contributed by atoms with E-state index in [4.69, 9.17) is 11.6 Å². The predicted molar refractivity (Wildman–Crippen MR) is 109 cm³/mol. The lowest BCUT2D eigenvalue weighted by Crippen LogP contribution is -2.27. The molecular formula is C20H20ClN3O2S. The predicted octanol–water partition coefficient (Wildman–Crippen LogP) is 3.94. The van der Waals surface area contributed by atoms with Crippen LogP contribution < -0.4 is 10.9 Å². The van der Waals surface area contributed by atoms with E-state index in [-0.39, 0.29) is 23.9 Å². The SMILES string of the molecule is C[C@H](NC(=O)CCc1nc2sc3c(c2c(=O)[nH]1)CCC3)c1cccc(Cl)c1. The van der Waals surface area contributed by atoms with E-state index in [1.54, 1.807) is 17.4 Å². The monoisotopic (exact) mass is 401 g/mol. The number of carbonyl (C=O) groups is 1. The number of aromatic nitrogens is 2. The first-order chi connectivity index (χ1) is 13.0. The third-order valence-electron chi connectivity index (χ3n) is 4.94. The van der Waals surface area contributed by atoms with E-state index >= 15 is 0 Å². The number of H-pyrrole nitrogens is 1. The van der Waals surface area contributed by atoms with E-state index in [2.05, 4.69) is 15.3 Å². The highest BCUT2D eigenvalue weighted by Crippen LogP contribution is 2.34. The summed E-state index contributed by atoms with van der Waals surface area (Å²) in [5, 5.41) is 4.35. The van der Waals surface area contributed by atoms with E-state index in [9.17, 15) is 9.59 Å². The highest BCUT2D eigenvalue weighted by atomic mass is 35.5. The highest BCUT2D eigenvalue weighted by molar-refractivity contribution is 7.18. The smallest absolute Gasteiger partial charge is 0.259 e. The van der Waals surface area contributed by atoms with Gasteiger partial charge in [0, 0.05) is 22.7 Å². The summed E-state index contributed by atoms with van der Waals surface area (Å²) in [6, 6.07) is 7.31. The summed E-state index contributed by atoms with van der Waals surface area (Å²) >= 11 is 7.62. The first-order valence-electron chi connectivity index (χ1n) is 9.09. The zero-order chi connectivity index (χ0) is 19.0. The molecule has 2 N–H and O–H groups in total. The lowest BCUT2D eigenvalue weighted by Gasteiger charge is -2.14. The molecule has 1 aromatic carbocycles. The van der Waals surface area contributed by atoms with Crippen molar-refractivity contribution in [2.45, 2.75) is 45.1 Å². The van der Waals surface area contributed by atoms with Crippen molar-refractivity contribution in [3.8, 4) is 0 Å². The molecule has 0 bridgehead atoms. The van der Waals surface area contributed by atoms with Crippen LogP contribution in [0.5, 0.6) is 0 Å². The van der Waals surface area contributed by atoms with Crippen molar-refractivity contribution in [1.82, 2.24) is 15.3 Å². The first-order valence-corrected chi connectivity index (χ1v) is 10.3. The van der Waals surface area contributed by atoms with Gasteiger partial charge in [0.05, 0.1) is 11.4 Å². The number of rotatable bonds is 5. The molecule has 5 nitrogen and oxygen atoms in total. The van der Waals surface area contributed by atoms with Crippen molar-refractivity contribution in [2.24, 2.45) is 0 Å². The standard InChI is InChI=1S/C20H20ClN3O2S/c1-11(12-4-2-5-13(21)10-12)22-17(25)9-8-16-23-19(26)18-14-6-3-7-15(14)27-20(18)24-16/h2,4-5,10-11H,3,6-9H2,1H3,(H,22,25)(H,23,24,26)/t11-/m0/s1. The van der Waals surface area contributed by atoms with Gasteiger partial charge in [-0.25, -0.2) is 4.98 Å². The lowest BCUT2D eigenvalue weighted by molar-refractivity contribution is -0.121. The molecule has 0 aliphatic heterocycles. The second-order valence-electron chi connectivity index (χ2n) is 6.89. The van der Waals surface area contributed by atoms with Crippen molar-refractivity contribution in [2.75, 3.05) is 0 Å². The molecule has 3 aromatic rings. The molecule has 4 rings (SSSR count). The largest absolute Gasteiger partial charge is 0.350 e. The average molecular weight is 402 g/mol. The summed E-state index contributed by atoms with van der Waals surface area (Å²) in [7, 11) is 0. The minimum Gasteiger partial charge on any atom is -0.350 e. The molecule has 0 radical (unpaired) electrons. The number of nitrogens with one attached hydrogen (secondary N) is 2. The molecular weight excluding hydrogens is 382 g/mol. The van der Waals surface area contributed by atoms with Crippen LogP contribution in [0.3, 0.4) is 0 Å². The number of halogens is 1. The fraction of sp³-hybridized carbons (Fsp3) is 0.350. The van der Waals surface area contributed by atoms with E-state index in [1.807, 2.05) is 25.1 Å². The number of thiophene rings is 1. The zero-order valence-electron chi connectivity index (χ0n) is 15.0. The van der Waals surface area contributed by atoms with Gasteiger partial charge in [-0.1, -0.05) is 23.7 Å². The number of nitrogens with zero attached hydrogens (tertiary/aromatic N) is 1. The van der Waals surface area contributed by atoms with Crippen molar-refractivity contribution >= 4 is 39.1 Å². The van der Waals surface area contributed by atoms with E-state index in [0.29, 0.717) is 17.3 Å². The number of carbonyl (C=O) groups excluding carboxylic acids is 1. The molecule has 1 atom stereocenters. The summed E-state index contributed by atoms with van der Waals surface area (Å²) in [6.45, 7) is 1.92. The average Bonchev–Trinajstić information content (AvgIpc) is 3.20. The third kappa shape index (κ3) is 3.77. The van der Waals surface area contributed by atoms with Gasteiger partial charge < -0.3 is 10.3 Å². The number of aromatic amines is 1. The maximum atomic E-state index is 12.5. The number of hydrogen-bond acceptors (Lipinski definition) is 4. The summed E-state index contributed by atoms with van der Waals surface area (Å²) in [6.07, 6.45) is 3.79. The highest BCUT2D eigenvalue weighted by Gasteiger charge is 2.21. The Hall–Kier alpha value is -2.18. The van der Waals surface area contributed by atoms with Gasteiger partial charge in [0.25, 0.3) is 5.56 Å². The topological polar surface area (TPSA) is 74.8 Å². The van der Waals surface area contributed by atoms with E-state index in [0.717, 1.165) is 35.0 Å². The van der Waals surface area contributed by atoms with Gasteiger partial charge in [0.1, 0.15) is 10.7 Å². The van der Waals surface area contributed by atoms with Crippen LogP contribution >= 0.6 is 22.9 Å². The number of fused-ring (bicyclic) bond motifs is 3. The van der Waals surface area contributed by atoms with Crippen molar-refractivity contribution in [1.29, 1.82) is 0 Å². The van der Waals surface area contributed by atoms with E-state index in [1.165, 1.54) is 10.4 Å². The molecule has 7 heteroatoms. The molecule has 0 spiro atoms. The Bertz CT molecular complexity index is 1070. The molecule has 2 aromatic heterocycles. The van der Waals surface area contributed by atoms with Gasteiger partial charge in [0.15, 0.2) is 0 Å². The van der Waals surface area contributed by atoms with Gasteiger partial charge in [-0.2, -0.15) is 0 Å². The Balaban J connectivity index is 1.42. The third-order valence-corrected chi connectivity index (χ3v) is 6.36. The van der Waals surface area contributed by atoms with Crippen molar-refractivity contribution in [3.63, 3.8) is 0 Å². The molecule has 140 valence electrons. The number of aryl methyl sites for hydroxylation is 3. The van der Waals surface area contributed by atoms with Gasteiger partial charge in [0.2, 0.25) is 5.91 Å². The maximum Gasteiger partial charge on any atom is 0.259 e. The Morgan fingerprint density at radius 2 is 2.26 bits per heavy atom. The summed E-state index contributed by atoms with van der Waals surface area (Å²) in [5.74, 6) is 0.483. The molecule has 0 saturated carbocycles. The summed E-state index contributed by atoms with van der Waals surface area (Å²) in [4.78, 5) is 34.3. The fourth-order valence-electron chi connectivity index (χ4n) is 3.57. The van der Waals surface area contributed by atoms with E-state index < -0.39 is 0 Å². The Morgan fingerprint density at radius 1 is 1.41 bits per heavy atom. The molecule has 1 amide bonds. The van der Waals surface area contributed by atoms with Crippen LogP contribution in [0.1, 0.15) is 47.6 Å². The number of hydrogen-bond donors (Lipinski definition) is 2. The van der Waals surface area contributed by atoms with Crippen molar-refractivity contribution in [3.05, 3.63) is 61.5 Å². The molecule has 0 fully saturated rings. The number of benzene rings is 1. The minimum absolute atomic E-state index is 0.0814. The Kier molecular flexibility index (Phi) is 5.02. The van der Waals surface area contributed by atoms with Crippen LogP contribution in [0.15, 0.2) is 29.1 Å². The van der Waals surface area contributed by atoms with Gasteiger partial charge in [-0.15, -0.1) is 11.3 Å². The Morgan fingerprint density at radius 3 is 3.07 bits per heavy atom. The maximum absolute atomic E-state index is 12.5. The normalized spacial score (nSPS) is 14.3. The van der Waals surface area contributed by atoms with Crippen LogP contribution in [-0.2, 0) is 24.1 Å². The number of amides is 1. The van der Waals surface area contributed by atoms with Gasteiger partial charge in [-0.3, -0.25) is 9.59 Å². The molecule has 1 aliphatic rings. The molecule has 1 aliphatic carbocycles. The van der Waals surface area contributed by atoms with Crippen LogP contribution in [0.25, 0.3) is 10.2 Å². The first kappa shape index (κ1) is 18.2. The van der Waals surface area contributed by atoms with Gasteiger partial charge in [-0.05, 0) is 49.4 Å². The lowest BCUT2D eigenvalue weighted by atomic mass is 10.1. The van der Waals surface area contributed by atoms with Crippen molar-refractivity contribution < 1.29 is 4.79 Å². The van der Waals surface area contributed by atoms with Gasteiger partial charge >= 0.3 is 0 Å². The molecule has 0 saturated heterocycles. The summed E-state index contributed by atoms with van der Waals surface area (Å²) < 4.78 is 0. The summed E-state index contributed by atoms with van der Waals surface area (Å²) in [5.41, 5.74) is 2.04.